The minimum Gasteiger partial charge on any atom is -0.582 e. The van der Waals surface area contributed by atoms with Gasteiger partial charge in [-0.2, -0.15) is 0 Å². The zero-order valence-corrected chi connectivity index (χ0v) is 50.8. The molecule has 1 aliphatic carbocycles. The number of phenolic OH excluding ortho intramolecular Hbond substituents is 2. The van der Waals surface area contributed by atoms with E-state index in [2.05, 4.69) is 221 Å². The Labute approximate surface area is 465 Å². The number of phenols is 2. The van der Waals surface area contributed by atoms with Crippen molar-refractivity contribution in [2.45, 2.75) is 78.8 Å². The van der Waals surface area contributed by atoms with Crippen LogP contribution in [0.5, 0.6) is 23.0 Å². The van der Waals surface area contributed by atoms with E-state index in [4.69, 9.17) is 9.47 Å². The number of nitrogens with zero attached hydrogens (tertiary/aromatic N) is 2. The van der Waals surface area contributed by atoms with Crippen molar-refractivity contribution in [1.29, 1.82) is 0 Å². The predicted molar refractivity (Wildman–Crippen MR) is 321 cm³/mol. The van der Waals surface area contributed by atoms with Crippen molar-refractivity contribution in [3.63, 3.8) is 0 Å². The normalized spacial score (nSPS) is 14.7. The van der Waals surface area contributed by atoms with E-state index < -0.39 is 16.1 Å². The van der Waals surface area contributed by atoms with E-state index in [0.717, 1.165) is 113 Å². The van der Waals surface area contributed by atoms with Gasteiger partial charge >= 0.3 is 0 Å². The number of aryl methyl sites for hydroxylation is 2. The van der Waals surface area contributed by atoms with E-state index in [1.807, 2.05) is 24.3 Å². The van der Waals surface area contributed by atoms with Crippen molar-refractivity contribution >= 4 is 59.8 Å². The number of rotatable bonds is 10. The molecule has 9 heteroatoms. The van der Waals surface area contributed by atoms with Gasteiger partial charge in [-0.05, 0) is 98.5 Å². The molecule has 0 saturated heterocycles. The molecule has 6 nitrogen and oxygen atoms in total. The van der Waals surface area contributed by atoms with Gasteiger partial charge in [0.1, 0.15) is 11.5 Å². The van der Waals surface area contributed by atoms with Crippen molar-refractivity contribution in [2.75, 3.05) is 13.2 Å². The molecule has 0 spiro atoms. The van der Waals surface area contributed by atoms with Gasteiger partial charge in [0.2, 0.25) is 0 Å². The summed E-state index contributed by atoms with van der Waals surface area (Å²) in [7, 11) is -1.72. The number of aromatic hydroxyl groups is 4. The zero-order valence-electron chi connectivity index (χ0n) is 45.2. The second-order valence-corrected chi connectivity index (χ2v) is 33.0. The Balaban J connectivity index is 0.000000623. The van der Waals surface area contributed by atoms with Gasteiger partial charge < -0.3 is 41.9 Å². The molecule has 2 atom stereocenters. The number of ether oxygens (including phenoxy) is 2. The van der Waals surface area contributed by atoms with Crippen LogP contribution in [0.2, 0.25) is 39.3 Å². The number of para-hydroxylation sites is 6. The van der Waals surface area contributed by atoms with Crippen LogP contribution in [0.1, 0.15) is 36.8 Å². The molecule has 4 N–H and O–H groups in total. The predicted octanol–water partition coefficient (Wildman–Crippen LogP) is 17.6. The molecule has 1 saturated carbocycles. The van der Waals surface area contributed by atoms with E-state index in [0.29, 0.717) is 25.0 Å². The number of hydrogen-bond donors (Lipinski definition) is 2. The van der Waals surface area contributed by atoms with Crippen LogP contribution in [0.25, 0.3) is 77.2 Å². The third-order valence-corrected chi connectivity index (χ3v) is 13.6. The van der Waals surface area contributed by atoms with E-state index in [-0.39, 0.29) is 37.3 Å². The molecule has 0 bridgehead atoms. The first-order chi connectivity index (χ1) is 35.4. The summed E-state index contributed by atoms with van der Waals surface area (Å²) in [6.45, 7) is 26.7. The van der Waals surface area contributed by atoms with E-state index in [1.165, 1.54) is 12.8 Å². The molecule has 1 aliphatic rings. The number of aromatic nitrogens is 2. The fourth-order valence-electron chi connectivity index (χ4n) is 10.5. The molecular weight excluding hydrogens is 1120 g/mol. The summed E-state index contributed by atoms with van der Waals surface area (Å²) in [5.74, 6) is 3.00. The maximum absolute atomic E-state index is 12.2. The smallest absolute Gasteiger partial charge is 0.262 e. The van der Waals surface area contributed by atoms with Gasteiger partial charge in [0.25, 0.3) is 11.5 Å². The molecule has 0 aliphatic heterocycles. The Morgan fingerprint density at radius 2 is 0.720 bits per heavy atom. The third kappa shape index (κ3) is 12.6. The second-order valence-electron chi connectivity index (χ2n) is 22.7. The Kier molecular flexibility index (Phi) is 17.2. The molecule has 0 amide bonds. The van der Waals surface area contributed by atoms with Crippen LogP contribution in [0.3, 0.4) is 0 Å². The number of aliphatic hydroxyl groups is 2. The summed E-state index contributed by atoms with van der Waals surface area (Å²) in [6, 6.07) is 58.4. The standard InChI is InChI=1S/C58H50N2O4.2C4H11Si.Hf/c1-37-31-47(57(61)53(33-37)59-49-25-11-5-19-41(49)42-20-6-12-26-50(42)59)45-23-9-15-29-55(45)63-35-39-17-3-4-18-40(39)36-64-56-30-16-10-24-46(56)48-32-38(2)34-54(58(48)62)60-51-27-13-7-21-43(51)44-22-8-14-28-52(44)60;2*1-5(2,3)4;/h5-16,19-34,39-40,61-62H,3-4,17-18,35-36H2,1-2H3;2*1H2,2-4H3;/q;2*-1;/p+2/t39-,40-;;;/m0.../s1. The van der Waals surface area contributed by atoms with Crippen LogP contribution in [0, 0.1) is 38.8 Å². The number of fused-ring (bicyclic) bond motifs is 6. The molecule has 75 heavy (non-hydrogen) atoms. The molecule has 0 unspecified atom stereocenters. The summed E-state index contributed by atoms with van der Waals surface area (Å²) in [4.78, 5) is 0. The molecule has 8 aromatic carbocycles. The van der Waals surface area contributed by atoms with Crippen LogP contribution in [-0.2, 0) is 25.8 Å². The number of hydrogen-bond acceptors (Lipinski definition) is 2. The Hall–Kier alpha value is -6.14. The quantitative estimate of drug-likeness (QED) is 0.0813. The third-order valence-electron chi connectivity index (χ3n) is 13.6. The zero-order chi connectivity index (χ0) is 52.3. The van der Waals surface area contributed by atoms with Crippen LogP contribution in [-0.4, -0.2) is 58.2 Å². The van der Waals surface area contributed by atoms with Crippen molar-refractivity contribution in [1.82, 2.24) is 9.13 Å². The summed E-state index contributed by atoms with van der Waals surface area (Å²) in [5, 5.41) is 29.1. The van der Waals surface area contributed by atoms with Crippen LogP contribution in [0.4, 0.5) is 0 Å². The van der Waals surface area contributed by atoms with Crippen LogP contribution in [0.15, 0.2) is 170 Å². The minimum atomic E-state index is -0.861. The Morgan fingerprint density at radius 3 is 1.04 bits per heavy atom. The first kappa shape index (κ1) is 55.1. The molecule has 384 valence electrons. The Morgan fingerprint density at radius 1 is 0.440 bits per heavy atom. The fourth-order valence-corrected chi connectivity index (χ4v) is 10.5. The van der Waals surface area contributed by atoms with Gasteiger partial charge in [0.05, 0.1) is 44.6 Å². The summed E-state index contributed by atoms with van der Waals surface area (Å²) < 4.78 is 15.1. The molecular formula is C66H74HfN2O4Si2. The minimum absolute atomic E-state index is 0. The van der Waals surface area contributed by atoms with E-state index >= 15 is 0 Å². The van der Waals surface area contributed by atoms with E-state index in [9.17, 15) is 10.2 Å². The fraction of sp³-hybridized carbons (Fsp3) is 0.242. The van der Waals surface area contributed by atoms with Crippen molar-refractivity contribution < 1.29 is 45.5 Å². The first-order valence-corrected chi connectivity index (χ1v) is 33.7. The Bertz CT molecular complexity index is 3250. The van der Waals surface area contributed by atoms with Crippen molar-refractivity contribution in [2.24, 2.45) is 11.8 Å². The van der Waals surface area contributed by atoms with Gasteiger partial charge in [-0.15, -0.1) is 16.1 Å². The van der Waals surface area contributed by atoms with Gasteiger partial charge in [-0.25, -0.2) is 0 Å². The first-order valence-electron chi connectivity index (χ1n) is 26.3. The SMILES string of the molecule is Cc1cc(-c2ccccc2[OH+]C[C@@H]2CCCC[C@H]2C[OH+]c2ccccc2-c2cc(C)cc(-n3c4ccccc4c4ccccc43)c2O)c(O)c(-n2c3ccccc3c3ccccc32)c1.[CH2-][Si](C)(C)C.[CH2-][Si](C)(C)C.[Hf]. The van der Waals surface area contributed by atoms with Crippen molar-refractivity contribution in [3.05, 3.63) is 194 Å². The van der Waals surface area contributed by atoms with Crippen LogP contribution >= 0.6 is 0 Å². The maximum Gasteiger partial charge on any atom is 0.262 e. The van der Waals surface area contributed by atoms with Gasteiger partial charge in [0.15, 0.2) is 13.2 Å². The summed E-state index contributed by atoms with van der Waals surface area (Å²) in [5.41, 5.74) is 11.3. The average molecular weight is 1190 g/mol. The number of benzene rings is 8. The van der Waals surface area contributed by atoms with Gasteiger partial charge in [0, 0.05) is 82.5 Å². The molecule has 2 heterocycles. The maximum atomic E-state index is 12.2. The van der Waals surface area contributed by atoms with Gasteiger partial charge in [-0.1, -0.05) is 149 Å². The molecule has 10 aromatic rings. The molecule has 0 radical (unpaired) electrons. The monoisotopic (exact) mass is 1190 g/mol. The molecule has 1 fully saturated rings. The van der Waals surface area contributed by atoms with Gasteiger partial charge in [-0.3, -0.25) is 0 Å². The second kappa shape index (κ2) is 23.4. The summed E-state index contributed by atoms with van der Waals surface area (Å²) in [6.07, 6.45) is 4.56. The topological polar surface area (TPSA) is 75.9 Å². The van der Waals surface area contributed by atoms with E-state index in [1.54, 1.807) is 0 Å². The molecule has 2 aromatic heterocycles. The average Bonchev–Trinajstić information content (AvgIpc) is 3.89. The largest absolute Gasteiger partial charge is 0.582 e. The van der Waals surface area contributed by atoms with Crippen LogP contribution < -0.4 is 0 Å². The van der Waals surface area contributed by atoms with Crippen molar-refractivity contribution in [3.8, 4) is 56.6 Å². The molecule has 11 rings (SSSR count). The summed E-state index contributed by atoms with van der Waals surface area (Å²) >= 11 is 0.